The maximum atomic E-state index is 12.1. The molecule has 1 aromatic rings. The summed E-state index contributed by atoms with van der Waals surface area (Å²) in [5.74, 6) is -0.525. The van der Waals surface area contributed by atoms with Crippen molar-refractivity contribution in [3.63, 3.8) is 0 Å². The number of nitrogens with zero attached hydrogens (tertiary/aromatic N) is 3. The molecule has 1 saturated heterocycles. The summed E-state index contributed by atoms with van der Waals surface area (Å²) in [7, 11) is -1.65. The fraction of sp³-hybridized carbons (Fsp3) is 0.467. The van der Waals surface area contributed by atoms with Crippen LogP contribution in [0.15, 0.2) is 23.3 Å². The maximum absolute atomic E-state index is 12.1. The van der Waals surface area contributed by atoms with E-state index in [-0.39, 0.29) is 10.7 Å². The minimum absolute atomic E-state index is 0.208. The van der Waals surface area contributed by atoms with Crippen molar-refractivity contribution in [3.8, 4) is 0 Å². The molecule has 2 rings (SSSR count). The minimum Gasteiger partial charge on any atom is -0.306 e. The predicted octanol–water partition coefficient (Wildman–Crippen LogP) is 1.96. The lowest BCUT2D eigenvalue weighted by atomic mass is 10.1. The van der Waals surface area contributed by atoms with Gasteiger partial charge in [-0.3, -0.25) is 9.10 Å². The van der Waals surface area contributed by atoms with Crippen molar-refractivity contribution >= 4 is 50.5 Å². The van der Waals surface area contributed by atoms with E-state index in [1.807, 2.05) is 7.05 Å². The molecule has 0 spiro atoms. The van der Waals surface area contributed by atoms with Crippen molar-refractivity contribution in [2.75, 3.05) is 37.2 Å². The number of amides is 1. The predicted molar refractivity (Wildman–Crippen MR) is 101 cm³/mol. The van der Waals surface area contributed by atoms with Crippen LogP contribution in [-0.4, -0.2) is 57.9 Å². The summed E-state index contributed by atoms with van der Waals surface area (Å²) in [6, 6.07) is 4.38. The molecule has 1 heterocycles. The van der Waals surface area contributed by atoms with E-state index in [1.54, 1.807) is 0 Å². The Morgan fingerprint density at radius 1 is 1.28 bits per heavy atom. The number of sulfonamides is 1. The number of rotatable bonds is 5. The second kappa shape index (κ2) is 8.35. The highest BCUT2D eigenvalue weighted by atomic mass is 35.5. The molecule has 1 fully saturated rings. The molecule has 0 aromatic heterocycles. The Morgan fingerprint density at radius 2 is 1.92 bits per heavy atom. The van der Waals surface area contributed by atoms with Crippen LogP contribution >= 0.6 is 23.2 Å². The van der Waals surface area contributed by atoms with Gasteiger partial charge in [-0.25, -0.2) is 13.8 Å². The van der Waals surface area contributed by atoms with Crippen molar-refractivity contribution in [2.24, 2.45) is 5.10 Å². The normalized spacial score (nSPS) is 15.8. The number of carbonyl (C=O) groups excluding carboxylic acids is 1. The lowest BCUT2D eigenvalue weighted by Gasteiger charge is -2.23. The van der Waals surface area contributed by atoms with Crippen LogP contribution in [0.25, 0.3) is 0 Å². The van der Waals surface area contributed by atoms with Gasteiger partial charge in [0, 0.05) is 31.6 Å². The molecule has 0 unspecified atom stereocenters. The van der Waals surface area contributed by atoms with Crippen molar-refractivity contribution in [2.45, 2.75) is 12.8 Å². The van der Waals surface area contributed by atoms with E-state index >= 15 is 0 Å². The molecular weight excluding hydrogens is 387 g/mol. The highest BCUT2D eigenvalue weighted by Crippen LogP contribution is 2.28. The van der Waals surface area contributed by atoms with Gasteiger partial charge in [-0.15, -0.1) is 0 Å². The number of halogens is 2. The van der Waals surface area contributed by atoms with Crippen LogP contribution in [0.2, 0.25) is 10.0 Å². The average molecular weight is 407 g/mol. The molecule has 0 saturated carbocycles. The van der Waals surface area contributed by atoms with Gasteiger partial charge in [0.25, 0.3) is 5.91 Å². The molecule has 0 aliphatic carbocycles. The highest BCUT2D eigenvalue weighted by Gasteiger charge is 2.22. The fourth-order valence-corrected chi connectivity index (χ4v) is 3.48. The SMILES string of the molecule is CN1CCC(=NNC(=O)CN(c2ccc(Cl)c(Cl)c2)S(C)(=O)=O)CC1. The van der Waals surface area contributed by atoms with E-state index in [0.29, 0.717) is 5.02 Å². The van der Waals surface area contributed by atoms with Crippen molar-refractivity contribution in [1.82, 2.24) is 10.3 Å². The zero-order chi connectivity index (χ0) is 18.6. The Kier molecular flexibility index (Phi) is 6.67. The van der Waals surface area contributed by atoms with Gasteiger partial charge in [-0.2, -0.15) is 5.10 Å². The molecule has 138 valence electrons. The molecule has 0 bridgehead atoms. The summed E-state index contributed by atoms with van der Waals surface area (Å²) in [4.78, 5) is 14.3. The van der Waals surface area contributed by atoms with Gasteiger partial charge in [0.15, 0.2) is 0 Å². The fourth-order valence-electron chi connectivity index (χ4n) is 2.34. The Morgan fingerprint density at radius 3 is 2.48 bits per heavy atom. The van der Waals surface area contributed by atoms with Gasteiger partial charge >= 0.3 is 0 Å². The summed E-state index contributed by atoms with van der Waals surface area (Å²) >= 11 is 11.8. The number of hydrogen-bond donors (Lipinski definition) is 1. The van der Waals surface area contributed by atoms with Crippen LogP contribution in [0, 0.1) is 0 Å². The first-order chi connectivity index (χ1) is 11.7. The molecule has 1 aliphatic rings. The molecule has 1 amide bonds. The first kappa shape index (κ1) is 20.0. The van der Waals surface area contributed by atoms with Crippen LogP contribution in [0.4, 0.5) is 5.69 Å². The summed E-state index contributed by atoms with van der Waals surface area (Å²) in [5, 5.41) is 4.61. The molecule has 0 radical (unpaired) electrons. The van der Waals surface area contributed by atoms with Gasteiger partial charge in [0.1, 0.15) is 6.54 Å². The summed E-state index contributed by atoms with van der Waals surface area (Å²) < 4.78 is 25.0. The van der Waals surface area contributed by atoms with E-state index in [1.165, 1.54) is 18.2 Å². The topological polar surface area (TPSA) is 82.1 Å². The standard InChI is InChI=1S/C15H20Cl2N4O3S/c1-20-7-5-11(6-8-20)18-19-15(22)10-21(25(2,23)24)12-3-4-13(16)14(17)9-12/h3-4,9H,5-8,10H2,1-2H3,(H,19,22). The molecule has 7 nitrogen and oxygen atoms in total. The van der Waals surface area contributed by atoms with Crippen LogP contribution in [0.3, 0.4) is 0 Å². The first-order valence-electron chi connectivity index (χ1n) is 7.62. The molecule has 1 aromatic carbocycles. The van der Waals surface area contributed by atoms with Crippen molar-refractivity contribution in [1.29, 1.82) is 0 Å². The number of carbonyl (C=O) groups is 1. The third-order valence-corrected chi connectivity index (χ3v) is 5.66. The van der Waals surface area contributed by atoms with E-state index in [0.717, 1.165) is 42.2 Å². The molecule has 25 heavy (non-hydrogen) atoms. The van der Waals surface area contributed by atoms with Crippen LogP contribution < -0.4 is 9.73 Å². The van der Waals surface area contributed by atoms with Crippen molar-refractivity contribution < 1.29 is 13.2 Å². The van der Waals surface area contributed by atoms with E-state index < -0.39 is 22.5 Å². The largest absolute Gasteiger partial charge is 0.306 e. The number of nitrogens with one attached hydrogen (secondary N) is 1. The monoisotopic (exact) mass is 406 g/mol. The summed E-state index contributed by atoms with van der Waals surface area (Å²) in [5.41, 5.74) is 3.59. The second-order valence-electron chi connectivity index (χ2n) is 5.88. The Balaban J connectivity index is 2.08. The number of likely N-dealkylation sites (tertiary alicyclic amines) is 1. The molecular formula is C15H20Cl2N4O3S. The Labute approximate surface area is 157 Å². The van der Waals surface area contributed by atoms with E-state index in [4.69, 9.17) is 23.2 Å². The second-order valence-corrected chi connectivity index (χ2v) is 8.61. The zero-order valence-electron chi connectivity index (χ0n) is 14.0. The number of anilines is 1. The first-order valence-corrected chi connectivity index (χ1v) is 10.2. The third-order valence-electron chi connectivity index (χ3n) is 3.78. The van der Waals surface area contributed by atoms with E-state index in [9.17, 15) is 13.2 Å². The molecule has 1 N–H and O–H groups in total. The number of hydrogen-bond acceptors (Lipinski definition) is 5. The number of benzene rings is 1. The third kappa shape index (κ3) is 5.85. The average Bonchev–Trinajstić information content (AvgIpc) is 2.54. The Bertz CT molecular complexity index is 773. The van der Waals surface area contributed by atoms with Gasteiger partial charge in [-0.1, -0.05) is 23.2 Å². The molecule has 1 aliphatic heterocycles. The number of hydrazone groups is 1. The van der Waals surface area contributed by atoms with Crippen LogP contribution in [0.1, 0.15) is 12.8 Å². The molecule has 10 heteroatoms. The highest BCUT2D eigenvalue weighted by molar-refractivity contribution is 7.92. The maximum Gasteiger partial charge on any atom is 0.260 e. The number of piperidine rings is 1. The lowest BCUT2D eigenvalue weighted by Crippen LogP contribution is -2.39. The summed E-state index contributed by atoms with van der Waals surface area (Å²) in [6.45, 7) is 1.37. The van der Waals surface area contributed by atoms with Gasteiger partial charge in [0.2, 0.25) is 10.0 Å². The smallest absolute Gasteiger partial charge is 0.260 e. The van der Waals surface area contributed by atoms with Gasteiger partial charge in [-0.05, 0) is 25.2 Å². The van der Waals surface area contributed by atoms with Gasteiger partial charge < -0.3 is 4.90 Å². The minimum atomic E-state index is -3.68. The lowest BCUT2D eigenvalue weighted by molar-refractivity contribution is -0.119. The van der Waals surface area contributed by atoms with Crippen molar-refractivity contribution in [3.05, 3.63) is 28.2 Å². The van der Waals surface area contributed by atoms with E-state index in [2.05, 4.69) is 15.4 Å². The van der Waals surface area contributed by atoms with Crippen LogP contribution in [-0.2, 0) is 14.8 Å². The van der Waals surface area contributed by atoms with Crippen LogP contribution in [0.5, 0.6) is 0 Å². The Hall–Kier alpha value is -1.35. The van der Waals surface area contributed by atoms with Gasteiger partial charge in [0.05, 0.1) is 22.0 Å². The zero-order valence-corrected chi connectivity index (χ0v) is 16.3. The summed E-state index contributed by atoms with van der Waals surface area (Å²) in [6.07, 6.45) is 2.57. The molecule has 0 atom stereocenters. The quantitative estimate of drug-likeness (QED) is 0.757.